The zero-order valence-corrected chi connectivity index (χ0v) is 9.43. The fourth-order valence-corrected chi connectivity index (χ4v) is 1.58. The Morgan fingerprint density at radius 2 is 2.00 bits per heavy atom. The predicted molar refractivity (Wildman–Crippen MR) is 58.5 cm³/mol. The van der Waals surface area contributed by atoms with E-state index in [-0.39, 0.29) is 6.73 Å². The van der Waals surface area contributed by atoms with Gasteiger partial charge in [0.1, 0.15) is 12.5 Å². The lowest BCUT2D eigenvalue weighted by Crippen LogP contribution is -2.18. The van der Waals surface area contributed by atoms with Gasteiger partial charge in [0, 0.05) is 13.1 Å². The van der Waals surface area contributed by atoms with Gasteiger partial charge < -0.3 is 14.7 Å². The number of hydrogen-bond acceptors (Lipinski definition) is 3. The van der Waals surface area contributed by atoms with Gasteiger partial charge in [-0.25, -0.2) is 0 Å². The van der Waals surface area contributed by atoms with Crippen molar-refractivity contribution in [2.45, 2.75) is 0 Å². The van der Waals surface area contributed by atoms with Crippen LogP contribution in [-0.2, 0) is 0 Å². The van der Waals surface area contributed by atoms with Crippen LogP contribution in [0.4, 0.5) is 5.69 Å². The second kappa shape index (κ2) is 4.73. The lowest BCUT2D eigenvalue weighted by Gasteiger charge is -2.18. The van der Waals surface area contributed by atoms with Gasteiger partial charge in [0.2, 0.25) is 0 Å². The van der Waals surface area contributed by atoms with Crippen molar-refractivity contribution >= 4 is 28.9 Å². The number of benzene rings is 1. The number of anilines is 1. The van der Waals surface area contributed by atoms with Gasteiger partial charge in [-0.05, 0) is 6.07 Å². The number of nitrogens with zero attached hydrogens (tertiary/aromatic N) is 1. The number of aliphatic hydroxyl groups excluding tert-OH is 1. The molecule has 0 aliphatic heterocycles. The normalized spacial score (nSPS) is 10.1. The molecule has 0 heterocycles. The van der Waals surface area contributed by atoms with Crippen LogP contribution in [0, 0.1) is 0 Å². The van der Waals surface area contributed by atoms with Crippen molar-refractivity contribution in [1.29, 1.82) is 0 Å². The molecule has 0 atom stereocenters. The molecule has 0 spiro atoms. The topological polar surface area (TPSA) is 32.7 Å². The van der Waals surface area contributed by atoms with Crippen LogP contribution in [0.5, 0.6) is 5.75 Å². The molecule has 0 aromatic heterocycles. The quantitative estimate of drug-likeness (QED) is 0.818. The van der Waals surface area contributed by atoms with Gasteiger partial charge in [0.05, 0.1) is 22.8 Å². The van der Waals surface area contributed by atoms with Crippen molar-refractivity contribution in [1.82, 2.24) is 0 Å². The highest BCUT2D eigenvalue weighted by Gasteiger charge is 2.10. The van der Waals surface area contributed by atoms with E-state index in [0.29, 0.717) is 21.5 Å². The Bertz CT molecular complexity index is 331. The molecule has 1 N–H and O–H groups in total. The fourth-order valence-electron chi connectivity index (χ4n) is 1.04. The second-order valence-electron chi connectivity index (χ2n) is 2.78. The number of methoxy groups -OCH3 is 1. The van der Waals surface area contributed by atoms with Gasteiger partial charge in [0.15, 0.2) is 0 Å². The van der Waals surface area contributed by atoms with Gasteiger partial charge in [0.25, 0.3) is 0 Å². The molecule has 14 heavy (non-hydrogen) atoms. The third-order valence-corrected chi connectivity index (χ3v) is 2.44. The van der Waals surface area contributed by atoms with Gasteiger partial charge in [-0.1, -0.05) is 23.2 Å². The highest BCUT2D eigenvalue weighted by Crippen LogP contribution is 2.35. The molecule has 0 radical (unpaired) electrons. The second-order valence-corrected chi connectivity index (χ2v) is 3.59. The SMILES string of the molecule is COc1cc(Cl)c(N(C)CO)cc1Cl. The summed E-state index contributed by atoms with van der Waals surface area (Å²) in [6.07, 6.45) is 0. The Morgan fingerprint density at radius 1 is 1.36 bits per heavy atom. The highest BCUT2D eigenvalue weighted by atomic mass is 35.5. The minimum Gasteiger partial charge on any atom is -0.495 e. The number of aliphatic hydroxyl groups is 1. The molecule has 0 bridgehead atoms. The Labute approximate surface area is 92.8 Å². The molecule has 0 amide bonds. The van der Waals surface area contributed by atoms with Crippen molar-refractivity contribution in [2.75, 3.05) is 25.8 Å². The first kappa shape index (κ1) is 11.4. The molecule has 0 aliphatic carbocycles. The van der Waals surface area contributed by atoms with Crippen molar-refractivity contribution in [3.05, 3.63) is 22.2 Å². The summed E-state index contributed by atoms with van der Waals surface area (Å²) in [5, 5.41) is 9.88. The Kier molecular flexibility index (Phi) is 3.86. The van der Waals surface area contributed by atoms with E-state index in [4.69, 9.17) is 33.0 Å². The van der Waals surface area contributed by atoms with E-state index in [1.807, 2.05) is 0 Å². The van der Waals surface area contributed by atoms with Crippen LogP contribution in [0.1, 0.15) is 0 Å². The van der Waals surface area contributed by atoms with Crippen LogP contribution in [-0.4, -0.2) is 26.0 Å². The van der Waals surface area contributed by atoms with Crippen LogP contribution in [0.3, 0.4) is 0 Å². The third-order valence-electron chi connectivity index (χ3n) is 1.84. The largest absolute Gasteiger partial charge is 0.495 e. The summed E-state index contributed by atoms with van der Waals surface area (Å²) >= 11 is 11.9. The highest BCUT2D eigenvalue weighted by molar-refractivity contribution is 6.36. The average Bonchev–Trinajstić information content (AvgIpc) is 2.19. The van der Waals surface area contributed by atoms with Crippen LogP contribution in [0.25, 0.3) is 0 Å². The summed E-state index contributed by atoms with van der Waals surface area (Å²) in [7, 11) is 3.23. The summed E-state index contributed by atoms with van der Waals surface area (Å²) in [6.45, 7) is -0.123. The molecular weight excluding hydrogens is 225 g/mol. The molecule has 0 saturated carbocycles. The van der Waals surface area contributed by atoms with Crippen LogP contribution < -0.4 is 9.64 Å². The van der Waals surface area contributed by atoms with Gasteiger partial charge in [-0.15, -0.1) is 0 Å². The summed E-state index contributed by atoms with van der Waals surface area (Å²) in [4.78, 5) is 1.58. The maximum Gasteiger partial charge on any atom is 0.139 e. The molecule has 1 aromatic carbocycles. The van der Waals surface area contributed by atoms with Crippen molar-refractivity contribution in [2.24, 2.45) is 0 Å². The van der Waals surface area contributed by atoms with E-state index in [0.717, 1.165) is 0 Å². The van der Waals surface area contributed by atoms with E-state index < -0.39 is 0 Å². The molecule has 5 heteroatoms. The first-order valence-corrected chi connectivity index (χ1v) is 4.70. The molecule has 0 saturated heterocycles. The summed E-state index contributed by atoms with van der Waals surface area (Å²) < 4.78 is 5.00. The fraction of sp³-hybridized carbons (Fsp3) is 0.333. The van der Waals surface area contributed by atoms with Gasteiger partial charge >= 0.3 is 0 Å². The molecule has 0 aliphatic rings. The Hall–Kier alpha value is -0.640. The molecule has 3 nitrogen and oxygen atoms in total. The van der Waals surface area contributed by atoms with E-state index >= 15 is 0 Å². The molecule has 1 aromatic rings. The number of halogens is 2. The van der Waals surface area contributed by atoms with Crippen LogP contribution >= 0.6 is 23.2 Å². The molecule has 78 valence electrons. The number of ether oxygens (including phenoxy) is 1. The summed E-state index contributed by atoms with van der Waals surface area (Å²) in [6, 6.07) is 3.27. The standard InChI is InChI=1S/C9H11Cl2NO2/c1-12(5-13)8-3-7(11)9(14-2)4-6(8)10/h3-4,13H,5H2,1-2H3. The van der Waals surface area contributed by atoms with Crippen LogP contribution in [0.15, 0.2) is 12.1 Å². The molecule has 0 fully saturated rings. The minimum absolute atomic E-state index is 0.123. The zero-order chi connectivity index (χ0) is 10.7. The van der Waals surface area contributed by atoms with Crippen molar-refractivity contribution < 1.29 is 9.84 Å². The van der Waals surface area contributed by atoms with E-state index in [1.54, 1.807) is 24.1 Å². The molecular formula is C9H11Cl2NO2. The number of hydrogen-bond donors (Lipinski definition) is 1. The zero-order valence-electron chi connectivity index (χ0n) is 7.92. The lowest BCUT2D eigenvalue weighted by atomic mass is 10.3. The van der Waals surface area contributed by atoms with Crippen molar-refractivity contribution in [3.8, 4) is 5.75 Å². The summed E-state index contributed by atoms with van der Waals surface area (Å²) in [5.41, 5.74) is 0.667. The maximum absolute atomic E-state index is 8.92. The lowest BCUT2D eigenvalue weighted by molar-refractivity contribution is 0.298. The molecule has 1 rings (SSSR count). The van der Waals surface area contributed by atoms with Gasteiger partial charge in [-0.3, -0.25) is 0 Å². The van der Waals surface area contributed by atoms with E-state index in [1.165, 1.54) is 7.11 Å². The average molecular weight is 236 g/mol. The third kappa shape index (κ3) is 2.23. The van der Waals surface area contributed by atoms with Crippen molar-refractivity contribution in [3.63, 3.8) is 0 Å². The predicted octanol–water partition coefficient (Wildman–Crippen LogP) is 2.39. The Morgan fingerprint density at radius 3 is 2.50 bits per heavy atom. The van der Waals surface area contributed by atoms with Gasteiger partial charge in [-0.2, -0.15) is 0 Å². The molecule has 0 unspecified atom stereocenters. The Balaban J connectivity index is 3.14. The minimum atomic E-state index is -0.123. The van der Waals surface area contributed by atoms with Crippen LogP contribution in [0.2, 0.25) is 10.0 Å². The smallest absolute Gasteiger partial charge is 0.139 e. The first-order chi connectivity index (χ1) is 6.60. The van der Waals surface area contributed by atoms with E-state index in [9.17, 15) is 0 Å². The number of rotatable bonds is 3. The summed E-state index contributed by atoms with van der Waals surface area (Å²) in [5.74, 6) is 0.520. The maximum atomic E-state index is 8.92. The first-order valence-electron chi connectivity index (χ1n) is 3.95. The van der Waals surface area contributed by atoms with E-state index in [2.05, 4.69) is 0 Å². The monoisotopic (exact) mass is 235 g/mol.